The lowest BCUT2D eigenvalue weighted by atomic mass is 10.1. The molecule has 0 aliphatic rings. The molecule has 0 saturated heterocycles. The van der Waals surface area contributed by atoms with Crippen molar-refractivity contribution in [3.63, 3.8) is 0 Å². The van der Waals surface area contributed by atoms with Gasteiger partial charge in [-0.1, -0.05) is 41.4 Å². The molecule has 0 unspecified atom stereocenters. The lowest BCUT2D eigenvalue weighted by molar-refractivity contribution is -0.121. The monoisotopic (exact) mass is 332 g/mol. The second kappa shape index (κ2) is 8.44. The molecule has 1 amide bonds. The van der Waals surface area contributed by atoms with Crippen molar-refractivity contribution in [3.05, 3.63) is 58.6 Å². The number of hydrogen-bond donors (Lipinski definition) is 2. The van der Waals surface area contributed by atoms with Gasteiger partial charge in [-0.3, -0.25) is 4.79 Å². The standard InChI is InChI=1S/C18H21ClN2O2/c1-13-4-3-5-14(10-13)12-21-18(22)8-9-20-15-6-7-17(23-2)16(19)11-15/h3-7,10-11,20H,8-9,12H2,1-2H3,(H,21,22). The van der Waals surface area contributed by atoms with Crippen molar-refractivity contribution >= 4 is 23.2 Å². The van der Waals surface area contributed by atoms with Gasteiger partial charge in [0.1, 0.15) is 5.75 Å². The number of amides is 1. The van der Waals surface area contributed by atoms with Crippen molar-refractivity contribution in [2.45, 2.75) is 19.9 Å². The molecule has 5 heteroatoms. The highest BCUT2D eigenvalue weighted by atomic mass is 35.5. The summed E-state index contributed by atoms with van der Waals surface area (Å²) in [6.07, 6.45) is 0.398. The van der Waals surface area contributed by atoms with Crippen molar-refractivity contribution in [2.24, 2.45) is 0 Å². The molecular formula is C18H21ClN2O2. The smallest absolute Gasteiger partial charge is 0.222 e. The Kier molecular flexibility index (Phi) is 6.29. The number of nitrogens with one attached hydrogen (secondary N) is 2. The van der Waals surface area contributed by atoms with E-state index >= 15 is 0 Å². The third-order valence-corrected chi connectivity index (χ3v) is 3.70. The van der Waals surface area contributed by atoms with E-state index in [1.165, 1.54) is 5.56 Å². The van der Waals surface area contributed by atoms with Crippen LogP contribution in [0.25, 0.3) is 0 Å². The summed E-state index contributed by atoms with van der Waals surface area (Å²) in [5, 5.41) is 6.63. The Labute approximate surface area is 141 Å². The Hall–Kier alpha value is -2.20. The van der Waals surface area contributed by atoms with E-state index in [2.05, 4.69) is 16.7 Å². The lowest BCUT2D eigenvalue weighted by Gasteiger charge is -2.09. The van der Waals surface area contributed by atoms with E-state index in [9.17, 15) is 4.79 Å². The van der Waals surface area contributed by atoms with Gasteiger partial charge in [0, 0.05) is 25.2 Å². The molecule has 0 bridgehead atoms. The topological polar surface area (TPSA) is 50.4 Å². The predicted molar refractivity (Wildman–Crippen MR) is 94.1 cm³/mol. The molecule has 0 heterocycles. The first-order valence-electron chi connectivity index (χ1n) is 7.48. The van der Waals surface area contributed by atoms with Gasteiger partial charge in [0.2, 0.25) is 5.91 Å². The molecule has 0 aliphatic heterocycles. The van der Waals surface area contributed by atoms with Crippen LogP contribution in [0.1, 0.15) is 17.5 Å². The SMILES string of the molecule is COc1ccc(NCCC(=O)NCc2cccc(C)c2)cc1Cl. The van der Waals surface area contributed by atoms with Crippen LogP contribution in [-0.4, -0.2) is 19.6 Å². The summed E-state index contributed by atoms with van der Waals surface area (Å²) in [5.41, 5.74) is 3.16. The Morgan fingerprint density at radius 3 is 2.74 bits per heavy atom. The number of carbonyl (C=O) groups excluding carboxylic acids is 1. The van der Waals surface area contributed by atoms with E-state index in [1.54, 1.807) is 19.2 Å². The molecule has 23 heavy (non-hydrogen) atoms. The second-order valence-corrected chi connectivity index (χ2v) is 5.70. The molecule has 2 rings (SSSR count). The van der Waals surface area contributed by atoms with Gasteiger partial charge in [-0.2, -0.15) is 0 Å². The van der Waals surface area contributed by atoms with Gasteiger partial charge in [-0.25, -0.2) is 0 Å². The van der Waals surface area contributed by atoms with Crippen molar-refractivity contribution in [1.29, 1.82) is 0 Å². The van der Waals surface area contributed by atoms with Crippen LogP contribution in [0.5, 0.6) is 5.75 Å². The molecule has 2 aromatic rings. The zero-order chi connectivity index (χ0) is 16.7. The fraction of sp³-hybridized carbons (Fsp3) is 0.278. The minimum Gasteiger partial charge on any atom is -0.495 e. The van der Waals surface area contributed by atoms with Gasteiger partial charge in [-0.15, -0.1) is 0 Å². The van der Waals surface area contributed by atoms with Gasteiger partial charge < -0.3 is 15.4 Å². The highest BCUT2D eigenvalue weighted by Gasteiger charge is 2.04. The molecular weight excluding hydrogens is 312 g/mol. The summed E-state index contributed by atoms with van der Waals surface area (Å²) < 4.78 is 5.10. The van der Waals surface area contributed by atoms with Crippen molar-refractivity contribution in [2.75, 3.05) is 19.0 Å². The molecule has 0 atom stereocenters. The quantitative estimate of drug-likeness (QED) is 0.811. The van der Waals surface area contributed by atoms with Gasteiger partial charge >= 0.3 is 0 Å². The number of halogens is 1. The third kappa shape index (κ3) is 5.49. The fourth-order valence-corrected chi connectivity index (χ4v) is 2.47. The van der Waals surface area contributed by atoms with E-state index in [0.717, 1.165) is 11.3 Å². The normalized spacial score (nSPS) is 10.2. The first-order chi connectivity index (χ1) is 11.1. The van der Waals surface area contributed by atoms with E-state index in [1.807, 2.05) is 31.2 Å². The van der Waals surface area contributed by atoms with E-state index in [-0.39, 0.29) is 5.91 Å². The first-order valence-corrected chi connectivity index (χ1v) is 7.86. The predicted octanol–water partition coefficient (Wildman–Crippen LogP) is 3.78. The molecule has 4 nitrogen and oxygen atoms in total. The molecule has 122 valence electrons. The Morgan fingerprint density at radius 1 is 1.22 bits per heavy atom. The highest BCUT2D eigenvalue weighted by Crippen LogP contribution is 2.27. The number of rotatable bonds is 7. The number of ether oxygens (including phenoxy) is 1. The maximum absolute atomic E-state index is 11.9. The zero-order valence-corrected chi connectivity index (χ0v) is 14.1. The average Bonchev–Trinajstić information content (AvgIpc) is 2.53. The van der Waals surface area contributed by atoms with Crippen LogP contribution in [0, 0.1) is 6.92 Å². The minimum absolute atomic E-state index is 0.0126. The Balaban J connectivity index is 1.73. The summed E-state index contributed by atoms with van der Waals surface area (Å²) >= 11 is 6.06. The number of aryl methyl sites for hydroxylation is 1. The van der Waals surface area contributed by atoms with Crippen LogP contribution in [0.15, 0.2) is 42.5 Å². The summed E-state index contributed by atoms with van der Waals surface area (Å²) in [7, 11) is 1.58. The number of carbonyl (C=O) groups is 1. The molecule has 2 aromatic carbocycles. The average molecular weight is 333 g/mol. The number of anilines is 1. The second-order valence-electron chi connectivity index (χ2n) is 5.29. The molecule has 0 aliphatic carbocycles. The van der Waals surface area contributed by atoms with Crippen LogP contribution in [0.4, 0.5) is 5.69 Å². The number of methoxy groups -OCH3 is 1. The highest BCUT2D eigenvalue weighted by molar-refractivity contribution is 6.32. The third-order valence-electron chi connectivity index (χ3n) is 3.41. The molecule has 0 spiro atoms. The van der Waals surface area contributed by atoms with Crippen LogP contribution >= 0.6 is 11.6 Å². The van der Waals surface area contributed by atoms with E-state index < -0.39 is 0 Å². The minimum atomic E-state index is 0.0126. The summed E-state index contributed by atoms with van der Waals surface area (Å²) in [4.78, 5) is 11.9. The first kappa shape index (κ1) is 17.2. The summed E-state index contributed by atoms with van der Waals surface area (Å²) in [6.45, 7) is 3.13. The van der Waals surface area contributed by atoms with Crippen molar-refractivity contribution in [3.8, 4) is 5.75 Å². The van der Waals surface area contributed by atoms with Crippen molar-refractivity contribution in [1.82, 2.24) is 5.32 Å². The Bertz CT molecular complexity index is 674. The maximum Gasteiger partial charge on any atom is 0.222 e. The number of benzene rings is 2. The molecule has 0 aromatic heterocycles. The maximum atomic E-state index is 11.9. The lowest BCUT2D eigenvalue weighted by Crippen LogP contribution is -2.24. The molecule has 0 fully saturated rings. The van der Waals surface area contributed by atoms with Gasteiger partial charge in [0.05, 0.1) is 12.1 Å². The summed E-state index contributed by atoms with van der Waals surface area (Å²) in [6, 6.07) is 13.5. The van der Waals surface area contributed by atoms with Crippen LogP contribution < -0.4 is 15.4 Å². The van der Waals surface area contributed by atoms with Gasteiger partial charge in [0.25, 0.3) is 0 Å². The summed E-state index contributed by atoms with van der Waals surface area (Å²) in [5.74, 6) is 0.645. The van der Waals surface area contributed by atoms with Crippen LogP contribution in [-0.2, 0) is 11.3 Å². The van der Waals surface area contributed by atoms with Gasteiger partial charge in [-0.05, 0) is 30.7 Å². The van der Waals surface area contributed by atoms with Gasteiger partial charge in [0.15, 0.2) is 0 Å². The van der Waals surface area contributed by atoms with Crippen LogP contribution in [0.2, 0.25) is 5.02 Å². The van der Waals surface area contributed by atoms with Crippen LogP contribution in [0.3, 0.4) is 0 Å². The van der Waals surface area contributed by atoms with E-state index in [0.29, 0.717) is 30.3 Å². The number of hydrogen-bond acceptors (Lipinski definition) is 3. The zero-order valence-electron chi connectivity index (χ0n) is 13.4. The fourth-order valence-electron chi connectivity index (χ4n) is 2.21. The molecule has 0 saturated carbocycles. The largest absolute Gasteiger partial charge is 0.495 e. The Morgan fingerprint density at radius 2 is 2.04 bits per heavy atom. The van der Waals surface area contributed by atoms with E-state index in [4.69, 9.17) is 16.3 Å². The molecule has 0 radical (unpaired) electrons. The van der Waals surface area contributed by atoms with Crippen molar-refractivity contribution < 1.29 is 9.53 Å². The molecule has 2 N–H and O–H groups in total.